The third-order valence-electron chi connectivity index (χ3n) is 4.31. The van der Waals surface area contributed by atoms with Crippen LogP contribution in [-0.2, 0) is 24.6 Å². The van der Waals surface area contributed by atoms with Crippen LogP contribution in [0.2, 0.25) is 0 Å². The molecule has 3 aromatic rings. The smallest absolute Gasteiger partial charge is 0.337 e. The number of esters is 1. The molecule has 7 nitrogen and oxygen atoms in total. The Balaban J connectivity index is 2.15. The minimum Gasteiger partial charge on any atom is -0.465 e. The summed E-state index contributed by atoms with van der Waals surface area (Å²) in [6, 6.07) is 12.1. The molecule has 31 heavy (non-hydrogen) atoms. The standard InChI is InChI=1S/C20H18BrNO6S3/c1-12-4-9-18(29-12)15-7-6-14(30(3,24)25)11-17(15)22-31(26,27)19-10-13(20(23)28-2)5-8-16(19)21/h4-11,22H,1-3H3. The van der Waals surface area contributed by atoms with Crippen LogP contribution < -0.4 is 4.72 Å². The molecule has 164 valence electrons. The third-order valence-corrected chi connectivity index (χ3v) is 8.81. The number of aryl methyl sites for hydroxylation is 1. The van der Waals surface area contributed by atoms with E-state index in [1.807, 2.05) is 19.1 Å². The average molecular weight is 544 g/mol. The first kappa shape index (κ1) is 23.5. The third kappa shape index (κ3) is 5.17. The highest BCUT2D eigenvalue weighted by Crippen LogP contribution is 2.36. The van der Waals surface area contributed by atoms with Gasteiger partial charge in [0, 0.05) is 26.0 Å². The molecule has 0 fully saturated rings. The first-order valence-electron chi connectivity index (χ1n) is 8.74. The van der Waals surface area contributed by atoms with Crippen molar-refractivity contribution in [2.24, 2.45) is 0 Å². The van der Waals surface area contributed by atoms with Gasteiger partial charge < -0.3 is 4.74 Å². The summed E-state index contributed by atoms with van der Waals surface area (Å²) in [5, 5.41) is 0. The molecular formula is C20H18BrNO6S3. The van der Waals surface area contributed by atoms with E-state index in [0.717, 1.165) is 16.0 Å². The fraction of sp³-hybridized carbons (Fsp3) is 0.150. The van der Waals surface area contributed by atoms with Gasteiger partial charge >= 0.3 is 5.97 Å². The quantitative estimate of drug-likeness (QED) is 0.459. The van der Waals surface area contributed by atoms with Gasteiger partial charge in [-0.2, -0.15) is 0 Å². The molecule has 0 spiro atoms. The van der Waals surface area contributed by atoms with Crippen LogP contribution in [0.3, 0.4) is 0 Å². The predicted molar refractivity (Wildman–Crippen MR) is 124 cm³/mol. The van der Waals surface area contributed by atoms with Crippen LogP contribution in [-0.4, -0.2) is 36.2 Å². The molecule has 0 unspecified atom stereocenters. The second-order valence-corrected chi connectivity index (χ2v) is 12.4. The number of anilines is 1. The van der Waals surface area contributed by atoms with E-state index in [1.54, 1.807) is 6.07 Å². The number of thiophene rings is 1. The molecule has 1 heterocycles. The van der Waals surface area contributed by atoms with Crippen molar-refractivity contribution in [1.82, 2.24) is 0 Å². The highest BCUT2D eigenvalue weighted by atomic mass is 79.9. The number of hydrogen-bond acceptors (Lipinski definition) is 7. The van der Waals surface area contributed by atoms with E-state index < -0.39 is 25.8 Å². The van der Waals surface area contributed by atoms with Gasteiger partial charge in [0.15, 0.2) is 9.84 Å². The van der Waals surface area contributed by atoms with Crippen molar-refractivity contribution < 1.29 is 26.4 Å². The Morgan fingerprint density at radius 1 is 1.03 bits per heavy atom. The summed E-state index contributed by atoms with van der Waals surface area (Å²) in [4.78, 5) is 13.4. The molecule has 3 rings (SSSR count). The Bertz CT molecular complexity index is 1380. The summed E-state index contributed by atoms with van der Waals surface area (Å²) in [7, 11) is -6.56. The largest absolute Gasteiger partial charge is 0.465 e. The Morgan fingerprint density at radius 3 is 2.32 bits per heavy atom. The summed E-state index contributed by atoms with van der Waals surface area (Å²) in [5.41, 5.74) is 0.708. The highest BCUT2D eigenvalue weighted by Gasteiger charge is 2.23. The lowest BCUT2D eigenvalue weighted by molar-refractivity contribution is 0.0600. The van der Waals surface area contributed by atoms with Gasteiger partial charge in [-0.15, -0.1) is 11.3 Å². The van der Waals surface area contributed by atoms with Crippen molar-refractivity contribution in [3.63, 3.8) is 0 Å². The second kappa shape index (κ2) is 8.73. The van der Waals surface area contributed by atoms with Crippen molar-refractivity contribution in [2.45, 2.75) is 16.7 Å². The number of rotatable bonds is 6. The number of carbonyl (C=O) groups excluding carboxylic acids is 1. The van der Waals surface area contributed by atoms with Gasteiger partial charge in [0.1, 0.15) is 4.90 Å². The molecule has 0 radical (unpaired) electrons. The molecular weight excluding hydrogens is 526 g/mol. The lowest BCUT2D eigenvalue weighted by Gasteiger charge is -2.15. The number of sulfone groups is 1. The first-order valence-corrected chi connectivity index (χ1v) is 13.7. The highest BCUT2D eigenvalue weighted by molar-refractivity contribution is 9.10. The average Bonchev–Trinajstić information content (AvgIpc) is 3.12. The fourth-order valence-electron chi connectivity index (χ4n) is 2.79. The van der Waals surface area contributed by atoms with Crippen molar-refractivity contribution in [3.05, 3.63) is 63.4 Å². The number of hydrogen-bond donors (Lipinski definition) is 1. The van der Waals surface area contributed by atoms with E-state index in [2.05, 4.69) is 25.4 Å². The SMILES string of the molecule is COC(=O)c1ccc(Br)c(S(=O)(=O)Nc2cc(S(C)(=O)=O)ccc2-c2ccc(C)s2)c1. The lowest BCUT2D eigenvalue weighted by Crippen LogP contribution is -2.16. The van der Waals surface area contributed by atoms with Crippen LogP contribution in [0.15, 0.2) is 62.8 Å². The van der Waals surface area contributed by atoms with Crippen molar-refractivity contribution in [2.75, 3.05) is 18.1 Å². The van der Waals surface area contributed by atoms with Crippen LogP contribution in [0.25, 0.3) is 10.4 Å². The van der Waals surface area contributed by atoms with Crippen LogP contribution in [0.5, 0.6) is 0 Å². The zero-order valence-electron chi connectivity index (χ0n) is 16.7. The molecule has 0 saturated carbocycles. The molecule has 0 amide bonds. The number of halogens is 1. The zero-order chi connectivity index (χ0) is 23.0. The summed E-state index contributed by atoms with van der Waals surface area (Å²) in [5.74, 6) is -0.683. The van der Waals surface area contributed by atoms with Crippen molar-refractivity contribution >= 4 is 58.8 Å². The maximum absolute atomic E-state index is 13.2. The summed E-state index contributed by atoms with van der Waals surface area (Å²) in [6.07, 6.45) is 1.05. The zero-order valence-corrected chi connectivity index (χ0v) is 20.7. The van der Waals surface area contributed by atoms with Gasteiger partial charge in [-0.1, -0.05) is 6.07 Å². The molecule has 11 heteroatoms. The van der Waals surface area contributed by atoms with Crippen LogP contribution >= 0.6 is 27.3 Å². The molecule has 0 aliphatic rings. The molecule has 0 bridgehead atoms. The van der Waals surface area contributed by atoms with Gasteiger partial charge in [0.25, 0.3) is 10.0 Å². The lowest BCUT2D eigenvalue weighted by atomic mass is 10.1. The van der Waals surface area contributed by atoms with Gasteiger partial charge in [-0.25, -0.2) is 21.6 Å². The normalized spacial score (nSPS) is 11.9. The molecule has 0 aliphatic heterocycles. The van der Waals surface area contributed by atoms with Gasteiger partial charge in [0.05, 0.1) is 23.3 Å². The number of methoxy groups -OCH3 is 1. The maximum atomic E-state index is 13.2. The number of benzene rings is 2. The maximum Gasteiger partial charge on any atom is 0.337 e. The molecule has 0 saturated heterocycles. The predicted octanol–water partition coefficient (Wildman–Crippen LogP) is 4.48. The van der Waals surface area contributed by atoms with Crippen LogP contribution in [0.4, 0.5) is 5.69 Å². The van der Waals surface area contributed by atoms with Gasteiger partial charge in [-0.05, 0) is 65.3 Å². The van der Waals surface area contributed by atoms with E-state index in [0.29, 0.717) is 5.56 Å². The Kier molecular flexibility index (Phi) is 6.61. The monoisotopic (exact) mass is 543 g/mol. The summed E-state index contributed by atoms with van der Waals surface area (Å²) in [6.45, 7) is 1.91. The number of nitrogens with one attached hydrogen (secondary N) is 1. The number of carbonyl (C=O) groups is 1. The topological polar surface area (TPSA) is 107 Å². The van der Waals surface area contributed by atoms with Crippen LogP contribution in [0, 0.1) is 6.92 Å². The molecule has 2 aromatic carbocycles. The minimum absolute atomic E-state index is 0.0235. The van der Waals surface area contributed by atoms with E-state index >= 15 is 0 Å². The van der Waals surface area contributed by atoms with E-state index in [4.69, 9.17) is 0 Å². The number of ether oxygens (including phenoxy) is 1. The van der Waals surface area contributed by atoms with E-state index in [9.17, 15) is 21.6 Å². The second-order valence-electron chi connectivity index (χ2n) is 6.63. The first-order chi connectivity index (χ1) is 14.4. The molecule has 0 atom stereocenters. The van der Waals surface area contributed by atoms with Gasteiger partial charge in [0.2, 0.25) is 0 Å². The summed E-state index contributed by atoms with van der Waals surface area (Å²) < 4.78 is 57.9. The van der Waals surface area contributed by atoms with Gasteiger partial charge in [-0.3, -0.25) is 4.72 Å². The molecule has 1 aromatic heterocycles. The Morgan fingerprint density at radius 2 is 1.74 bits per heavy atom. The van der Waals surface area contributed by atoms with Crippen molar-refractivity contribution in [1.29, 1.82) is 0 Å². The van der Waals surface area contributed by atoms with E-state index in [-0.39, 0.29) is 25.5 Å². The van der Waals surface area contributed by atoms with E-state index in [1.165, 1.54) is 48.8 Å². The van der Waals surface area contributed by atoms with Crippen LogP contribution in [0.1, 0.15) is 15.2 Å². The number of sulfonamides is 1. The summed E-state index contributed by atoms with van der Waals surface area (Å²) >= 11 is 4.65. The molecule has 0 aliphatic carbocycles. The fourth-order valence-corrected chi connectivity index (χ4v) is 6.40. The Labute approximate surface area is 193 Å². The molecule has 1 N–H and O–H groups in total. The Hall–Kier alpha value is -2.21. The minimum atomic E-state index is -4.19. The van der Waals surface area contributed by atoms with Crippen molar-refractivity contribution in [3.8, 4) is 10.4 Å².